The van der Waals surface area contributed by atoms with Gasteiger partial charge in [0.15, 0.2) is 0 Å². The van der Waals surface area contributed by atoms with Gasteiger partial charge in [0.2, 0.25) is 5.91 Å². The number of nitrogens with zero attached hydrogens (tertiary/aromatic N) is 3. The first-order valence-electron chi connectivity index (χ1n) is 11.9. The minimum absolute atomic E-state index is 0.0223. The van der Waals surface area contributed by atoms with E-state index in [-0.39, 0.29) is 11.9 Å². The summed E-state index contributed by atoms with van der Waals surface area (Å²) in [6.07, 6.45) is 1.60. The lowest BCUT2D eigenvalue weighted by molar-refractivity contribution is -0.128. The molecule has 2 aliphatic heterocycles. The van der Waals surface area contributed by atoms with Gasteiger partial charge in [0, 0.05) is 58.8 Å². The van der Waals surface area contributed by atoms with Crippen molar-refractivity contribution in [1.29, 1.82) is 0 Å². The fourth-order valence-corrected chi connectivity index (χ4v) is 4.40. The van der Waals surface area contributed by atoms with E-state index in [2.05, 4.69) is 29.3 Å². The fourth-order valence-electron chi connectivity index (χ4n) is 4.40. The average molecular weight is 451 g/mol. The number of hydrogen-bond donors (Lipinski definition) is 1. The summed E-state index contributed by atoms with van der Waals surface area (Å²) in [6.45, 7) is 8.67. The van der Waals surface area contributed by atoms with Crippen molar-refractivity contribution in [2.45, 2.75) is 32.9 Å². The Morgan fingerprint density at radius 1 is 1.00 bits per heavy atom. The highest BCUT2D eigenvalue weighted by molar-refractivity contribution is 5.78. The average Bonchev–Trinajstić information content (AvgIpc) is 3.23. The molecular formula is C26H34N4O3. The molecule has 7 nitrogen and oxygen atoms in total. The first-order chi connectivity index (χ1) is 16.1. The van der Waals surface area contributed by atoms with Crippen LogP contribution in [0.5, 0.6) is 5.75 Å². The Morgan fingerprint density at radius 2 is 1.79 bits per heavy atom. The number of hydrogen-bond acceptors (Lipinski definition) is 4. The lowest BCUT2D eigenvalue weighted by Gasteiger charge is -2.34. The third-order valence-electron chi connectivity index (χ3n) is 6.40. The molecule has 4 rings (SSSR count). The van der Waals surface area contributed by atoms with Crippen LogP contribution in [0.1, 0.15) is 29.5 Å². The number of amides is 3. The second-order valence-electron chi connectivity index (χ2n) is 8.84. The molecule has 0 aromatic heterocycles. The number of likely N-dealkylation sites (tertiary alicyclic amines) is 1. The molecule has 2 heterocycles. The van der Waals surface area contributed by atoms with Crippen LogP contribution in [-0.4, -0.2) is 72.5 Å². The summed E-state index contributed by atoms with van der Waals surface area (Å²) in [5.41, 5.74) is 3.31. The van der Waals surface area contributed by atoms with Crippen molar-refractivity contribution in [1.82, 2.24) is 20.0 Å². The van der Waals surface area contributed by atoms with Gasteiger partial charge in [0.05, 0.1) is 0 Å². The van der Waals surface area contributed by atoms with E-state index in [4.69, 9.17) is 4.74 Å². The van der Waals surface area contributed by atoms with Gasteiger partial charge < -0.3 is 19.9 Å². The summed E-state index contributed by atoms with van der Waals surface area (Å²) in [5.74, 6) is 1.17. The number of piperazine rings is 1. The fraction of sp³-hybridized carbons (Fsp3) is 0.462. The maximum absolute atomic E-state index is 12.6. The van der Waals surface area contributed by atoms with E-state index < -0.39 is 0 Å². The number of ether oxygens (including phenoxy) is 1. The van der Waals surface area contributed by atoms with Crippen molar-refractivity contribution in [3.8, 4) is 5.75 Å². The normalized spacial score (nSPS) is 16.8. The zero-order chi connectivity index (χ0) is 23.0. The molecule has 33 heavy (non-hydrogen) atoms. The van der Waals surface area contributed by atoms with Crippen LogP contribution in [0, 0.1) is 6.92 Å². The largest absolute Gasteiger partial charge is 0.492 e. The molecule has 0 atom stereocenters. The van der Waals surface area contributed by atoms with E-state index in [1.54, 1.807) is 0 Å². The van der Waals surface area contributed by atoms with Crippen LogP contribution in [0.25, 0.3) is 0 Å². The summed E-state index contributed by atoms with van der Waals surface area (Å²) in [6, 6.07) is 16.2. The molecule has 3 amide bonds. The zero-order valence-corrected chi connectivity index (χ0v) is 19.5. The monoisotopic (exact) mass is 450 g/mol. The number of rotatable bonds is 8. The quantitative estimate of drug-likeness (QED) is 0.672. The Hall–Kier alpha value is -3.06. The molecule has 0 bridgehead atoms. The van der Waals surface area contributed by atoms with Crippen molar-refractivity contribution in [3.63, 3.8) is 0 Å². The number of carbonyl (C=O) groups is 2. The van der Waals surface area contributed by atoms with Crippen LogP contribution in [0.2, 0.25) is 0 Å². The van der Waals surface area contributed by atoms with Crippen LogP contribution in [-0.2, 0) is 17.9 Å². The van der Waals surface area contributed by atoms with Crippen molar-refractivity contribution in [2.75, 3.05) is 45.9 Å². The number of urea groups is 1. The molecule has 0 aliphatic carbocycles. The first-order valence-corrected chi connectivity index (χ1v) is 11.9. The highest BCUT2D eigenvalue weighted by atomic mass is 16.5. The Balaban J connectivity index is 1.16. The van der Waals surface area contributed by atoms with Crippen molar-refractivity contribution >= 4 is 11.9 Å². The van der Waals surface area contributed by atoms with Gasteiger partial charge in [-0.2, -0.15) is 0 Å². The second-order valence-corrected chi connectivity index (χ2v) is 8.84. The maximum Gasteiger partial charge on any atom is 0.317 e. The van der Waals surface area contributed by atoms with Gasteiger partial charge in [-0.3, -0.25) is 9.69 Å². The van der Waals surface area contributed by atoms with E-state index >= 15 is 0 Å². The number of nitrogens with one attached hydrogen (secondary N) is 1. The molecule has 2 fully saturated rings. The molecule has 176 valence electrons. The SMILES string of the molecule is Cc1ccccc1OCCN1CCN(C(=O)NCc2cccc(CN3CCCC3=O)c2)CC1. The third-order valence-corrected chi connectivity index (χ3v) is 6.40. The lowest BCUT2D eigenvalue weighted by atomic mass is 10.1. The highest BCUT2D eigenvalue weighted by Crippen LogP contribution is 2.17. The summed E-state index contributed by atoms with van der Waals surface area (Å²) < 4.78 is 5.90. The van der Waals surface area contributed by atoms with E-state index in [0.29, 0.717) is 39.2 Å². The van der Waals surface area contributed by atoms with Gasteiger partial charge in [-0.15, -0.1) is 0 Å². The van der Waals surface area contributed by atoms with Gasteiger partial charge in [0.25, 0.3) is 0 Å². The van der Waals surface area contributed by atoms with Crippen molar-refractivity contribution in [2.24, 2.45) is 0 Å². The minimum Gasteiger partial charge on any atom is -0.492 e. The predicted molar refractivity (Wildman–Crippen MR) is 128 cm³/mol. The molecule has 2 saturated heterocycles. The lowest BCUT2D eigenvalue weighted by Crippen LogP contribution is -2.52. The van der Waals surface area contributed by atoms with E-state index in [0.717, 1.165) is 55.0 Å². The molecule has 0 radical (unpaired) electrons. The van der Waals surface area contributed by atoms with Crippen LogP contribution >= 0.6 is 0 Å². The van der Waals surface area contributed by atoms with Gasteiger partial charge in [-0.1, -0.05) is 42.5 Å². The summed E-state index contributed by atoms with van der Waals surface area (Å²) in [5, 5.41) is 3.05. The number of carbonyl (C=O) groups excluding carboxylic acids is 2. The van der Waals surface area contributed by atoms with Crippen LogP contribution in [0.4, 0.5) is 4.79 Å². The molecule has 7 heteroatoms. The highest BCUT2D eigenvalue weighted by Gasteiger charge is 2.22. The molecule has 0 spiro atoms. The predicted octanol–water partition coefficient (Wildman–Crippen LogP) is 3.02. The number of aryl methyl sites for hydroxylation is 1. The van der Waals surface area contributed by atoms with Gasteiger partial charge in [0.1, 0.15) is 12.4 Å². The Bertz CT molecular complexity index is 956. The van der Waals surface area contributed by atoms with E-state index in [9.17, 15) is 9.59 Å². The second kappa shape index (κ2) is 11.2. The van der Waals surface area contributed by atoms with Gasteiger partial charge in [-0.25, -0.2) is 4.79 Å². The molecule has 2 aromatic rings. The summed E-state index contributed by atoms with van der Waals surface area (Å²) in [7, 11) is 0. The van der Waals surface area contributed by atoms with Crippen molar-refractivity contribution in [3.05, 3.63) is 65.2 Å². The molecule has 0 saturated carbocycles. The van der Waals surface area contributed by atoms with Gasteiger partial charge in [-0.05, 0) is 36.1 Å². The number of para-hydroxylation sites is 1. The number of benzene rings is 2. The Morgan fingerprint density at radius 3 is 2.55 bits per heavy atom. The molecule has 2 aromatic carbocycles. The third kappa shape index (κ3) is 6.48. The maximum atomic E-state index is 12.6. The standard InChI is InChI=1S/C26H34N4O3/c1-21-6-2-3-9-24(21)33-17-16-28-12-14-29(15-13-28)26(32)27-19-22-7-4-8-23(18-22)20-30-11-5-10-25(30)31/h2-4,6-9,18H,5,10-17,19-20H2,1H3,(H,27,32). The minimum atomic E-state index is -0.0223. The van der Waals surface area contributed by atoms with E-state index in [1.165, 1.54) is 0 Å². The Kier molecular flexibility index (Phi) is 7.83. The zero-order valence-electron chi connectivity index (χ0n) is 19.5. The van der Waals surface area contributed by atoms with Crippen LogP contribution in [0.3, 0.4) is 0 Å². The smallest absolute Gasteiger partial charge is 0.317 e. The first kappa shape index (κ1) is 23.1. The molecule has 1 N–H and O–H groups in total. The summed E-state index contributed by atoms with van der Waals surface area (Å²) in [4.78, 5) is 30.6. The molecule has 2 aliphatic rings. The summed E-state index contributed by atoms with van der Waals surface area (Å²) >= 11 is 0. The van der Waals surface area contributed by atoms with Crippen molar-refractivity contribution < 1.29 is 14.3 Å². The van der Waals surface area contributed by atoms with Crippen LogP contribution < -0.4 is 10.1 Å². The Labute approximate surface area is 196 Å². The van der Waals surface area contributed by atoms with Crippen LogP contribution in [0.15, 0.2) is 48.5 Å². The molecular weight excluding hydrogens is 416 g/mol. The van der Waals surface area contributed by atoms with E-state index in [1.807, 2.05) is 46.2 Å². The molecule has 0 unspecified atom stereocenters. The topological polar surface area (TPSA) is 65.1 Å². The van der Waals surface area contributed by atoms with Gasteiger partial charge >= 0.3 is 6.03 Å².